The van der Waals surface area contributed by atoms with Gasteiger partial charge in [0.05, 0.1) is 6.26 Å². The Labute approximate surface area is 131 Å². The van der Waals surface area contributed by atoms with Crippen LogP contribution >= 0.6 is 0 Å². The van der Waals surface area contributed by atoms with Crippen LogP contribution in [0.25, 0.3) is 5.76 Å². The van der Waals surface area contributed by atoms with Crippen molar-refractivity contribution in [1.29, 1.82) is 0 Å². The van der Waals surface area contributed by atoms with Crippen LogP contribution in [0.2, 0.25) is 0 Å². The molecule has 0 unspecified atom stereocenters. The van der Waals surface area contributed by atoms with Gasteiger partial charge in [0.25, 0.3) is 0 Å². The van der Waals surface area contributed by atoms with E-state index in [1.165, 1.54) is 24.5 Å². The molecule has 2 aromatic heterocycles. The summed E-state index contributed by atoms with van der Waals surface area (Å²) in [4.78, 5) is 12.0. The fourth-order valence-electron chi connectivity index (χ4n) is 2.10. The lowest BCUT2D eigenvalue weighted by molar-refractivity contribution is 0.101. The zero-order valence-corrected chi connectivity index (χ0v) is 12.0. The molecule has 3 aromatic rings. The Morgan fingerprint density at radius 2 is 1.87 bits per heavy atom. The van der Waals surface area contributed by atoms with Gasteiger partial charge < -0.3 is 13.9 Å². The summed E-state index contributed by atoms with van der Waals surface area (Å²) >= 11 is 0. The van der Waals surface area contributed by atoms with Crippen LogP contribution < -0.4 is 0 Å². The fourth-order valence-corrected chi connectivity index (χ4v) is 2.10. The van der Waals surface area contributed by atoms with Crippen LogP contribution in [0.4, 0.5) is 4.39 Å². The number of ketones is 1. The van der Waals surface area contributed by atoms with Gasteiger partial charge in [0, 0.05) is 12.5 Å². The minimum Gasteiger partial charge on any atom is -0.504 e. The van der Waals surface area contributed by atoms with E-state index in [4.69, 9.17) is 8.83 Å². The first-order valence-corrected chi connectivity index (χ1v) is 6.94. The molecule has 0 atom stereocenters. The molecular formula is C18H13FO4. The molecule has 5 heteroatoms. The Bertz CT molecular complexity index is 826. The molecule has 0 saturated carbocycles. The third kappa shape index (κ3) is 3.58. The van der Waals surface area contributed by atoms with E-state index in [9.17, 15) is 14.3 Å². The van der Waals surface area contributed by atoms with Gasteiger partial charge in [-0.1, -0.05) is 12.1 Å². The van der Waals surface area contributed by atoms with Crippen molar-refractivity contribution in [3.05, 3.63) is 89.5 Å². The second-order valence-electron chi connectivity index (χ2n) is 4.94. The number of benzene rings is 1. The molecule has 1 N–H and O–H groups in total. The first-order chi connectivity index (χ1) is 11.1. The van der Waals surface area contributed by atoms with Crippen LogP contribution in [0.1, 0.15) is 27.6 Å². The summed E-state index contributed by atoms with van der Waals surface area (Å²) in [6.45, 7) is 0. The van der Waals surface area contributed by atoms with Gasteiger partial charge in [0.1, 0.15) is 11.6 Å². The average Bonchev–Trinajstić information content (AvgIpc) is 3.21. The summed E-state index contributed by atoms with van der Waals surface area (Å²) in [5.74, 6) is -0.147. The number of rotatable bonds is 5. The van der Waals surface area contributed by atoms with Crippen LogP contribution in [0.3, 0.4) is 0 Å². The van der Waals surface area contributed by atoms with Crippen molar-refractivity contribution in [2.24, 2.45) is 0 Å². The molecule has 0 aliphatic rings. The molecule has 0 fully saturated rings. The van der Waals surface area contributed by atoms with Crippen LogP contribution in [0.5, 0.6) is 0 Å². The normalized spacial score (nSPS) is 11.6. The fraction of sp³-hybridized carbons (Fsp3) is 0.0556. The van der Waals surface area contributed by atoms with Gasteiger partial charge in [-0.05, 0) is 42.0 Å². The molecule has 1 aromatic carbocycles. The number of hydrogen-bond donors (Lipinski definition) is 1. The molecule has 0 radical (unpaired) electrons. The first-order valence-electron chi connectivity index (χ1n) is 6.94. The van der Waals surface area contributed by atoms with Gasteiger partial charge in [0.15, 0.2) is 17.3 Å². The maximum absolute atomic E-state index is 12.9. The van der Waals surface area contributed by atoms with Gasteiger partial charge in [-0.25, -0.2) is 4.39 Å². The van der Waals surface area contributed by atoms with E-state index in [1.807, 2.05) is 0 Å². The summed E-state index contributed by atoms with van der Waals surface area (Å²) < 4.78 is 23.3. The van der Waals surface area contributed by atoms with Crippen molar-refractivity contribution >= 4 is 11.5 Å². The van der Waals surface area contributed by atoms with Crippen LogP contribution in [0, 0.1) is 5.82 Å². The topological polar surface area (TPSA) is 63.6 Å². The molecule has 23 heavy (non-hydrogen) atoms. The van der Waals surface area contributed by atoms with Crippen LogP contribution in [0.15, 0.2) is 69.7 Å². The van der Waals surface area contributed by atoms with Gasteiger partial charge >= 0.3 is 0 Å². The molecule has 0 amide bonds. The van der Waals surface area contributed by atoms with Crippen molar-refractivity contribution in [1.82, 2.24) is 0 Å². The Hall–Kier alpha value is -3.08. The predicted molar refractivity (Wildman–Crippen MR) is 81.6 cm³/mol. The van der Waals surface area contributed by atoms with Crippen molar-refractivity contribution < 1.29 is 23.1 Å². The predicted octanol–water partition coefficient (Wildman–Crippen LogP) is 4.38. The highest BCUT2D eigenvalue weighted by Gasteiger charge is 2.12. The molecule has 2 heterocycles. The van der Waals surface area contributed by atoms with Gasteiger partial charge in [0.2, 0.25) is 5.78 Å². The lowest BCUT2D eigenvalue weighted by Crippen LogP contribution is -1.94. The van der Waals surface area contributed by atoms with E-state index in [1.54, 1.807) is 30.3 Å². The zero-order valence-electron chi connectivity index (χ0n) is 12.0. The number of carbonyl (C=O) groups is 1. The number of aliphatic hydroxyl groups is 1. The van der Waals surface area contributed by atoms with E-state index < -0.39 is 5.78 Å². The molecule has 3 rings (SSSR count). The number of furan rings is 2. The summed E-state index contributed by atoms with van der Waals surface area (Å²) in [6.07, 6.45) is 2.89. The largest absolute Gasteiger partial charge is 0.504 e. The number of aliphatic hydroxyl groups excluding tert-OH is 1. The first kappa shape index (κ1) is 14.8. The van der Waals surface area contributed by atoms with Gasteiger partial charge in [-0.15, -0.1) is 0 Å². The lowest BCUT2D eigenvalue weighted by atomic mass is 10.1. The van der Waals surface area contributed by atoms with E-state index in [2.05, 4.69) is 0 Å². The standard InChI is InChI=1S/C18H13FO4/c19-13-5-3-12(4-6-13)10-14-7-8-18(23-14)16(21)11-15(20)17-2-1-9-22-17/h1-9,11,20H,10H2. The molecule has 116 valence electrons. The SMILES string of the molecule is O=C(C=C(O)c1ccco1)c1ccc(Cc2ccc(F)cc2)o1. The highest BCUT2D eigenvalue weighted by molar-refractivity contribution is 6.05. The summed E-state index contributed by atoms with van der Waals surface area (Å²) in [7, 11) is 0. The van der Waals surface area contributed by atoms with E-state index >= 15 is 0 Å². The molecule has 0 saturated heterocycles. The second-order valence-corrected chi connectivity index (χ2v) is 4.94. The highest BCUT2D eigenvalue weighted by atomic mass is 19.1. The van der Waals surface area contributed by atoms with Gasteiger partial charge in [-0.2, -0.15) is 0 Å². The van der Waals surface area contributed by atoms with Crippen LogP contribution in [-0.2, 0) is 6.42 Å². The smallest absolute Gasteiger partial charge is 0.224 e. The number of hydrogen-bond acceptors (Lipinski definition) is 4. The second kappa shape index (κ2) is 6.36. The van der Waals surface area contributed by atoms with Gasteiger partial charge in [-0.3, -0.25) is 4.79 Å². The molecular weight excluding hydrogens is 299 g/mol. The van der Waals surface area contributed by atoms with Crippen LogP contribution in [-0.4, -0.2) is 10.9 Å². The van der Waals surface area contributed by atoms with E-state index in [0.29, 0.717) is 12.2 Å². The third-order valence-electron chi connectivity index (χ3n) is 3.24. The number of halogens is 1. The van der Waals surface area contributed by atoms with Crippen molar-refractivity contribution in [2.75, 3.05) is 0 Å². The Balaban J connectivity index is 1.72. The Kier molecular flexibility index (Phi) is 4.10. The van der Waals surface area contributed by atoms with Crippen molar-refractivity contribution in [3.8, 4) is 0 Å². The molecule has 4 nitrogen and oxygen atoms in total. The maximum Gasteiger partial charge on any atom is 0.224 e. The molecule has 0 aliphatic heterocycles. The average molecular weight is 312 g/mol. The number of carbonyl (C=O) groups excluding carboxylic acids is 1. The molecule has 0 aliphatic carbocycles. The molecule has 0 spiro atoms. The highest BCUT2D eigenvalue weighted by Crippen LogP contribution is 2.17. The Morgan fingerprint density at radius 1 is 1.09 bits per heavy atom. The maximum atomic E-state index is 12.9. The minimum absolute atomic E-state index is 0.111. The van der Waals surface area contributed by atoms with E-state index in [-0.39, 0.29) is 23.1 Å². The third-order valence-corrected chi connectivity index (χ3v) is 3.24. The Morgan fingerprint density at radius 3 is 2.57 bits per heavy atom. The monoisotopic (exact) mass is 312 g/mol. The zero-order chi connectivity index (χ0) is 16.2. The van der Waals surface area contributed by atoms with E-state index in [0.717, 1.165) is 11.6 Å². The summed E-state index contributed by atoms with van der Waals surface area (Å²) in [5.41, 5.74) is 0.869. The minimum atomic E-state index is -0.468. The summed E-state index contributed by atoms with van der Waals surface area (Å²) in [5, 5.41) is 9.78. The summed E-state index contributed by atoms with van der Waals surface area (Å²) in [6, 6.07) is 12.4. The van der Waals surface area contributed by atoms with Crippen molar-refractivity contribution in [2.45, 2.75) is 6.42 Å². The number of allylic oxidation sites excluding steroid dienone is 1. The quantitative estimate of drug-likeness (QED) is 0.431. The molecule has 0 bridgehead atoms. The lowest BCUT2D eigenvalue weighted by Gasteiger charge is -1.98. The van der Waals surface area contributed by atoms with Crippen molar-refractivity contribution in [3.63, 3.8) is 0 Å².